The monoisotopic (exact) mass is 327 g/mol. The van der Waals surface area contributed by atoms with E-state index in [0.29, 0.717) is 29.9 Å². The van der Waals surface area contributed by atoms with Crippen LogP contribution < -0.4 is 10.9 Å². The number of carbonyl (C=O) groups is 1. The average Bonchev–Trinajstić information content (AvgIpc) is 3.00. The van der Waals surface area contributed by atoms with E-state index in [-0.39, 0.29) is 23.7 Å². The SMILES string of the molecule is CCc1noc2nc(C)n(CC(=O)NCc3ccccn3)c(=O)c12. The number of carbonyl (C=O) groups excluding carboxylic acids is 1. The standard InChI is InChI=1S/C16H17N5O3/c1-3-12-14-15(24-20-12)19-10(2)21(16(14)23)9-13(22)18-8-11-6-4-5-7-17-11/h4-7H,3,8-9H2,1-2H3,(H,18,22). The first kappa shape index (κ1) is 15.9. The Morgan fingerprint density at radius 3 is 2.92 bits per heavy atom. The molecule has 0 fully saturated rings. The van der Waals surface area contributed by atoms with Crippen LogP contribution in [-0.4, -0.2) is 25.6 Å². The molecule has 124 valence electrons. The molecule has 3 heterocycles. The summed E-state index contributed by atoms with van der Waals surface area (Å²) in [6, 6.07) is 5.47. The van der Waals surface area contributed by atoms with Crippen LogP contribution in [0.25, 0.3) is 11.1 Å². The van der Waals surface area contributed by atoms with E-state index in [1.165, 1.54) is 4.57 Å². The second-order valence-electron chi connectivity index (χ2n) is 5.31. The number of nitrogens with one attached hydrogen (secondary N) is 1. The lowest BCUT2D eigenvalue weighted by molar-refractivity contribution is -0.121. The zero-order valence-electron chi connectivity index (χ0n) is 13.4. The van der Waals surface area contributed by atoms with Crippen molar-refractivity contribution in [1.82, 2.24) is 25.0 Å². The van der Waals surface area contributed by atoms with Gasteiger partial charge in [0, 0.05) is 6.20 Å². The summed E-state index contributed by atoms with van der Waals surface area (Å²) in [5, 5.41) is 6.93. The third kappa shape index (κ3) is 3.03. The predicted octanol–water partition coefficient (Wildman–Crippen LogP) is 0.967. The second-order valence-corrected chi connectivity index (χ2v) is 5.31. The predicted molar refractivity (Wildman–Crippen MR) is 86.3 cm³/mol. The fraction of sp³-hybridized carbons (Fsp3) is 0.312. The quantitative estimate of drug-likeness (QED) is 0.749. The van der Waals surface area contributed by atoms with Crippen LogP contribution in [0.15, 0.2) is 33.7 Å². The maximum absolute atomic E-state index is 12.6. The number of hydrogen-bond acceptors (Lipinski definition) is 6. The molecule has 0 saturated heterocycles. The molecule has 0 unspecified atom stereocenters. The highest BCUT2D eigenvalue weighted by atomic mass is 16.5. The summed E-state index contributed by atoms with van der Waals surface area (Å²) in [6.45, 7) is 3.72. The van der Waals surface area contributed by atoms with E-state index >= 15 is 0 Å². The molecule has 0 atom stereocenters. The van der Waals surface area contributed by atoms with Gasteiger partial charge < -0.3 is 9.84 Å². The molecule has 0 spiro atoms. The van der Waals surface area contributed by atoms with Crippen LogP contribution in [0.2, 0.25) is 0 Å². The summed E-state index contributed by atoms with van der Waals surface area (Å²) < 4.78 is 6.41. The van der Waals surface area contributed by atoms with Gasteiger partial charge in [-0.1, -0.05) is 18.1 Å². The minimum absolute atomic E-state index is 0.116. The lowest BCUT2D eigenvalue weighted by Crippen LogP contribution is -2.33. The topological polar surface area (TPSA) is 103 Å². The van der Waals surface area contributed by atoms with Crippen molar-refractivity contribution in [1.29, 1.82) is 0 Å². The van der Waals surface area contributed by atoms with Crippen molar-refractivity contribution in [3.63, 3.8) is 0 Å². The van der Waals surface area contributed by atoms with Gasteiger partial charge in [-0.25, -0.2) is 0 Å². The van der Waals surface area contributed by atoms with Crippen molar-refractivity contribution in [2.24, 2.45) is 0 Å². The minimum atomic E-state index is -0.316. The summed E-state index contributed by atoms with van der Waals surface area (Å²) in [5.41, 5.74) is 1.18. The second kappa shape index (κ2) is 6.61. The van der Waals surface area contributed by atoms with Crippen LogP contribution in [0.3, 0.4) is 0 Å². The van der Waals surface area contributed by atoms with Gasteiger partial charge in [-0.05, 0) is 25.5 Å². The molecule has 8 nitrogen and oxygen atoms in total. The highest BCUT2D eigenvalue weighted by Gasteiger charge is 2.17. The molecule has 8 heteroatoms. The molecule has 0 bridgehead atoms. The Hall–Kier alpha value is -3.03. The molecule has 0 radical (unpaired) electrons. The molecular weight excluding hydrogens is 310 g/mol. The van der Waals surface area contributed by atoms with Crippen LogP contribution in [0.4, 0.5) is 0 Å². The van der Waals surface area contributed by atoms with Gasteiger partial charge >= 0.3 is 0 Å². The number of fused-ring (bicyclic) bond motifs is 1. The molecule has 24 heavy (non-hydrogen) atoms. The van der Waals surface area contributed by atoms with E-state index in [1.54, 1.807) is 19.2 Å². The maximum Gasteiger partial charge on any atom is 0.267 e. The first-order chi connectivity index (χ1) is 11.6. The summed E-state index contributed by atoms with van der Waals surface area (Å²) >= 11 is 0. The zero-order valence-corrected chi connectivity index (χ0v) is 13.4. The van der Waals surface area contributed by atoms with Gasteiger partial charge in [0.2, 0.25) is 5.91 Å². The smallest absolute Gasteiger partial charge is 0.267 e. The van der Waals surface area contributed by atoms with E-state index in [9.17, 15) is 9.59 Å². The molecule has 0 aliphatic carbocycles. The largest absolute Gasteiger partial charge is 0.349 e. The molecule has 0 aromatic carbocycles. The molecule has 0 aliphatic heterocycles. The van der Waals surface area contributed by atoms with Gasteiger partial charge in [-0.3, -0.25) is 19.1 Å². The van der Waals surface area contributed by atoms with Gasteiger partial charge in [0.05, 0.1) is 17.9 Å². The lowest BCUT2D eigenvalue weighted by Gasteiger charge is -2.09. The fourth-order valence-electron chi connectivity index (χ4n) is 2.41. The van der Waals surface area contributed by atoms with E-state index in [4.69, 9.17) is 4.52 Å². The highest BCUT2D eigenvalue weighted by Crippen LogP contribution is 2.13. The Balaban J connectivity index is 1.81. The summed E-state index contributed by atoms with van der Waals surface area (Å²) in [4.78, 5) is 33.1. The highest BCUT2D eigenvalue weighted by molar-refractivity contribution is 5.78. The van der Waals surface area contributed by atoms with Crippen molar-refractivity contribution in [3.05, 3.63) is 52.0 Å². The molecule has 0 aliphatic rings. The average molecular weight is 327 g/mol. The molecule has 3 aromatic rings. The summed E-state index contributed by atoms with van der Waals surface area (Å²) in [5.74, 6) is 0.112. The first-order valence-corrected chi connectivity index (χ1v) is 7.62. The lowest BCUT2D eigenvalue weighted by atomic mass is 10.2. The molecule has 3 rings (SSSR count). The van der Waals surface area contributed by atoms with Crippen molar-refractivity contribution >= 4 is 17.0 Å². The van der Waals surface area contributed by atoms with Gasteiger partial charge in [0.1, 0.15) is 17.8 Å². The molecule has 3 aromatic heterocycles. The Labute approximate surface area is 137 Å². The van der Waals surface area contributed by atoms with Crippen LogP contribution in [-0.2, 0) is 24.3 Å². The number of nitrogens with zero attached hydrogens (tertiary/aromatic N) is 4. The number of pyridine rings is 1. The fourth-order valence-corrected chi connectivity index (χ4v) is 2.41. The number of hydrogen-bond donors (Lipinski definition) is 1. The Kier molecular flexibility index (Phi) is 4.37. The number of aromatic nitrogens is 4. The Bertz CT molecular complexity index is 930. The van der Waals surface area contributed by atoms with Crippen LogP contribution in [0.5, 0.6) is 0 Å². The van der Waals surface area contributed by atoms with Crippen molar-refractivity contribution in [2.45, 2.75) is 33.4 Å². The van der Waals surface area contributed by atoms with Crippen molar-refractivity contribution < 1.29 is 9.32 Å². The Morgan fingerprint density at radius 2 is 2.21 bits per heavy atom. The van der Waals surface area contributed by atoms with Crippen LogP contribution in [0, 0.1) is 6.92 Å². The first-order valence-electron chi connectivity index (χ1n) is 7.62. The maximum atomic E-state index is 12.6. The normalized spacial score (nSPS) is 10.9. The molecule has 1 N–H and O–H groups in total. The van der Waals surface area contributed by atoms with Gasteiger partial charge in [0.25, 0.3) is 11.3 Å². The van der Waals surface area contributed by atoms with Gasteiger partial charge in [-0.15, -0.1) is 0 Å². The third-order valence-corrected chi connectivity index (χ3v) is 3.69. The summed E-state index contributed by atoms with van der Waals surface area (Å²) in [7, 11) is 0. The van der Waals surface area contributed by atoms with Crippen molar-refractivity contribution in [3.8, 4) is 0 Å². The van der Waals surface area contributed by atoms with E-state index in [0.717, 1.165) is 5.69 Å². The number of rotatable bonds is 5. The van der Waals surface area contributed by atoms with Crippen molar-refractivity contribution in [2.75, 3.05) is 0 Å². The van der Waals surface area contributed by atoms with E-state index in [1.807, 2.05) is 19.1 Å². The van der Waals surface area contributed by atoms with E-state index in [2.05, 4.69) is 20.4 Å². The van der Waals surface area contributed by atoms with Gasteiger partial charge in [0.15, 0.2) is 0 Å². The number of amides is 1. The molecular formula is C16H17N5O3. The zero-order chi connectivity index (χ0) is 17.1. The van der Waals surface area contributed by atoms with Gasteiger partial charge in [-0.2, -0.15) is 4.98 Å². The summed E-state index contributed by atoms with van der Waals surface area (Å²) in [6.07, 6.45) is 2.21. The molecule has 0 saturated carbocycles. The van der Waals surface area contributed by atoms with Crippen LogP contribution >= 0.6 is 0 Å². The van der Waals surface area contributed by atoms with Crippen LogP contribution in [0.1, 0.15) is 24.1 Å². The molecule has 1 amide bonds. The Morgan fingerprint density at radius 1 is 1.38 bits per heavy atom. The van der Waals surface area contributed by atoms with E-state index < -0.39 is 0 Å². The minimum Gasteiger partial charge on any atom is -0.349 e. The third-order valence-electron chi connectivity index (χ3n) is 3.69. The number of aryl methyl sites for hydroxylation is 2.